The Labute approximate surface area is 161 Å². The van der Waals surface area contributed by atoms with Gasteiger partial charge in [0.25, 0.3) is 0 Å². The van der Waals surface area contributed by atoms with Crippen molar-refractivity contribution in [1.82, 2.24) is 4.98 Å². The molecule has 0 unspecified atom stereocenters. The van der Waals surface area contributed by atoms with Crippen LogP contribution in [0.5, 0.6) is 0 Å². The first-order valence-electron chi connectivity index (χ1n) is 9.44. The second-order valence-electron chi connectivity index (χ2n) is 6.92. The van der Waals surface area contributed by atoms with E-state index in [0.29, 0.717) is 0 Å². The van der Waals surface area contributed by atoms with Gasteiger partial charge in [0.1, 0.15) is 0 Å². The first kappa shape index (κ1) is 20.3. The summed E-state index contributed by atoms with van der Waals surface area (Å²) in [5, 5.41) is 4.36. The van der Waals surface area contributed by atoms with Gasteiger partial charge in [0.2, 0.25) is 0 Å². The highest BCUT2D eigenvalue weighted by molar-refractivity contribution is 8.01. The van der Waals surface area contributed by atoms with Crippen LogP contribution >= 0.6 is 23.1 Å². The minimum Gasteiger partial charge on any atom is -0.336 e. The summed E-state index contributed by atoms with van der Waals surface area (Å²) in [7, 11) is 0. The third-order valence-electron chi connectivity index (χ3n) is 4.86. The SMILES string of the molecule is C=C(CSc1cnc(NC(=C)CCC2CCCC2)s1)C/C(=C\C)CC. The topological polar surface area (TPSA) is 24.9 Å². The van der Waals surface area contributed by atoms with Crippen LogP contribution in [0, 0.1) is 5.92 Å². The molecule has 0 aromatic carbocycles. The Morgan fingerprint density at radius 3 is 2.84 bits per heavy atom. The van der Waals surface area contributed by atoms with Gasteiger partial charge in [0.05, 0.1) is 10.4 Å². The molecule has 0 bridgehead atoms. The standard InChI is InChI=1S/C21H32N2S2/c1-5-18(6-2)13-16(3)15-24-20-14-22-21(25-20)23-17(4)11-12-19-9-7-8-10-19/h5,14,19H,3-4,6-13,15H2,1-2H3,(H,22,23)/b18-5-. The maximum atomic E-state index is 4.49. The number of nitrogens with one attached hydrogen (secondary N) is 1. The predicted octanol–water partition coefficient (Wildman–Crippen LogP) is 7.43. The van der Waals surface area contributed by atoms with E-state index >= 15 is 0 Å². The number of thioether (sulfide) groups is 1. The summed E-state index contributed by atoms with van der Waals surface area (Å²) >= 11 is 3.55. The second kappa shape index (κ2) is 10.9. The van der Waals surface area contributed by atoms with Crippen LogP contribution in [0.15, 0.2) is 46.5 Å². The predicted molar refractivity (Wildman–Crippen MR) is 115 cm³/mol. The lowest BCUT2D eigenvalue weighted by atomic mass is 10.0. The monoisotopic (exact) mass is 376 g/mol. The fraction of sp³-hybridized carbons (Fsp3) is 0.571. The molecule has 0 atom stereocenters. The summed E-state index contributed by atoms with van der Waals surface area (Å²) in [6.07, 6.45) is 14.3. The van der Waals surface area contributed by atoms with E-state index in [9.17, 15) is 0 Å². The minimum absolute atomic E-state index is 0.914. The Bertz CT molecular complexity index is 595. The summed E-state index contributed by atoms with van der Waals surface area (Å²) in [6.45, 7) is 12.7. The number of anilines is 1. The molecule has 1 saturated carbocycles. The van der Waals surface area contributed by atoms with Crippen molar-refractivity contribution in [1.29, 1.82) is 0 Å². The normalized spacial score (nSPS) is 15.5. The lowest BCUT2D eigenvalue weighted by molar-refractivity contribution is 0.503. The molecule has 0 saturated heterocycles. The summed E-state index contributed by atoms with van der Waals surface area (Å²) in [4.78, 5) is 4.49. The first-order chi connectivity index (χ1) is 12.1. The summed E-state index contributed by atoms with van der Waals surface area (Å²) in [6, 6.07) is 0. The molecule has 2 rings (SSSR count). The van der Waals surface area contributed by atoms with E-state index in [0.717, 1.165) is 41.8 Å². The highest BCUT2D eigenvalue weighted by atomic mass is 32.2. The van der Waals surface area contributed by atoms with Gasteiger partial charge in [-0.05, 0) is 38.5 Å². The van der Waals surface area contributed by atoms with Crippen molar-refractivity contribution < 1.29 is 0 Å². The largest absolute Gasteiger partial charge is 0.336 e. The van der Waals surface area contributed by atoms with Gasteiger partial charge in [-0.2, -0.15) is 0 Å². The van der Waals surface area contributed by atoms with Gasteiger partial charge in [0, 0.05) is 11.4 Å². The van der Waals surface area contributed by atoms with Gasteiger partial charge in [-0.3, -0.25) is 0 Å². The van der Waals surface area contributed by atoms with Crippen LogP contribution in [0.4, 0.5) is 5.13 Å². The van der Waals surface area contributed by atoms with Gasteiger partial charge in [-0.25, -0.2) is 4.98 Å². The van der Waals surface area contributed by atoms with Crippen molar-refractivity contribution in [3.63, 3.8) is 0 Å². The lowest BCUT2D eigenvalue weighted by Crippen LogP contribution is -2.01. The Morgan fingerprint density at radius 1 is 1.40 bits per heavy atom. The Balaban J connectivity index is 1.70. The van der Waals surface area contributed by atoms with Crippen LogP contribution in [-0.2, 0) is 0 Å². The van der Waals surface area contributed by atoms with Crippen molar-refractivity contribution in [3.05, 3.63) is 42.3 Å². The third-order valence-corrected chi connectivity index (χ3v) is 7.11. The average Bonchev–Trinajstić information content (AvgIpc) is 3.28. The van der Waals surface area contributed by atoms with Gasteiger partial charge < -0.3 is 5.32 Å². The molecule has 0 spiro atoms. The molecule has 1 fully saturated rings. The maximum absolute atomic E-state index is 4.49. The molecule has 138 valence electrons. The molecule has 25 heavy (non-hydrogen) atoms. The zero-order valence-corrected chi connectivity index (χ0v) is 17.4. The summed E-state index contributed by atoms with van der Waals surface area (Å²) in [5.74, 6) is 1.87. The smallest absolute Gasteiger partial charge is 0.187 e. The second-order valence-corrected chi connectivity index (χ2v) is 9.22. The van der Waals surface area contributed by atoms with Gasteiger partial charge in [0.15, 0.2) is 5.13 Å². The molecule has 0 amide bonds. The zero-order chi connectivity index (χ0) is 18.1. The molecule has 2 nitrogen and oxygen atoms in total. The van der Waals surface area contributed by atoms with Crippen LogP contribution < -0.4 is 5.32 Å². The Morgan fingerprint density at radius 2 is 2.16 bits per heavy atom. The molecule has 0 aliphatic heterocycles. The minimum atomic E-state index is 0.914. The number of rotatable bonds is 11. The van der Waals surface area contributed by atoms with E-state index in [1.54, 1.807) is 11.3 Å². The molecule has 4 heteroatoms. The number of allylic oxidation sites excluding steroid dienone is 3. The van der Waals surface area contributed by atoms with Crippen molar-refractivity contribution in [2.75, 3.05) is 11.1 Å². The van der Waals surface area contributed by atoms with Gasteiger partial charge in [-0.1, -0.05) is 74.3 Å². The van der Waals surface area contributed by atoms with Gasteiger partial charge in [-0.15, -0.1) is 11.8 Å². The number of nitrogens with zero attached hydrogens (tertiary/aromatic N) is 1. The van der Waals surface area contributed by atoms with Crippen LogP contribution in [0.1, 0.15) is 65.2 Å². The molecule has 1 heterocycles. The molecule has 1 aliphatic rings. The van der Waals surface area contributed by atoms with Crippen LogP contribution in [0.2, 0.25) is 0 Å². The molecule has 0 radical (unpaired) electrons. The summed E-state index contributed by atoms with van der Waals surface area (Å²) < 4.78 is 1.24. The van der Waals surface area contributed by atoms with Gasteiger partial charge >= 0.3 is 0 Å². The quantitative estimate of drug-likeness (QED) is 0.321. The van der Waals surface area contributed by atoms with E-state index in [2.05, 4.69) is 43.4 Å². The third kappa shape index (κ3) is 7.41. The summed E-state index contributed by atoms with van der Waals surface area (Å²) in [5.41, 5.74) is 3.85. The van der Waals surface area contributed by atoms with Crippen molar-refractivity contribution in [2.45, 2.75) is 69.4 Å². The fourth-order valence-electron chi connectivity index (χ4n) is 3.25. The Hall–Kier alpha value is -1.00. The van der Waals surface area contributed by atoms with E-state index in [1.165, 1.54) is 47.5 Å². The molecule has 1 aromatic rings. The van der Waals surface area contributed by atoms with Crippen LogP contribution in [0.25, 0.3) is 0 Å². The molecular weight excluding hydrogens is 344 g/mol. The van der Waals surface area contributed by atoms with E-state index in [1.807, 2.05) is 18.0 Å². The number of hydrogen-bond acceptors (Lipinski definition) is 4. The number of hydrogen-bond donors (Lipinski definition) is 1. The molecular formula is C21H32N2S2. The van der Waals surface area contributed by atoms with Crippen LogP contribution in [0.3, 0.4) is 0 Å². The highest BCUT2D eigenvalue weighted by Crippen LogP contribution is 2.32. The van der Waals surface area contributed by atoms with Crippen LogP contribution in [-0.4, -0.2) is 10.7 Å². The lowest BCUT2D eigenvalue weighted by Gasteiger charge is -2.10. The zero-order valence-electron chi connectivity index (χ0n) is 15.8. The first-order valence-corrected chi connectivity index (χ1v) is 11.2. The Kier molecular flexibility index (Phi) is 8.83. The number of aromatic nitrogens is 1. The van der Waals surface area contributed by atoms with E-state index < -0.39 is 0 Å². The van der Waals surface area contributed by atoms with Crippen molar-refractivity contribution in [2.24, 2.45) is 5.92 Å². The molecule has 1 N–H and O–H groups in total. The van der Waals surface area contributed by atoms with Crippen molar-refractivity contribution in [3.8, 4) is 0 Å². The average molecular weight is 377 g/mol. The number of thiazole rings is 1. The van der Waals surface area contributed by atoms with E-state index in [4.69, 9.17) is 0 Å². The van der Waals surface area contributed by atoms with Crippen molar-refractivity contribution >= 4 is 28.2 Å². The fourth-order valence-corrected chi connectivity index (χ4v) is 5.07. The highest BCUT2D eigenvalue weighted by Gasteiger charge is 2.15. The maximum Gasteiger partial charge on any atom is 0.187 e. The molecule has 1 aromatic heterocycles. The molecule has 1 aliphatic carbocycles. The van der Waals surface area contributed by atoms with E-state index in [-0.39, 0.29) is 0 Å².